The molecule has 154 valence electrons. The maximum absolute atomic E-state index is 7.34. The molecule has 0 radical (unpaired) electrons. The summed E-state index contributed by atoms with van der Waals surface area (Å²) in [6, 6.07) is 14.0. The normalized spacial score (nSPS) is 16.7. The standard InChI is InChI=1S/C23H25N5S2/c1-7-25-21(29)26-20-23(4,5)28(17-10-8-15(2)9-11-17)22(30)27(20)18-12-13-19(24-6)16(3)14-18/h8-14H,7H2,1-5H3,(H,25,29). The van der Waals surface area contributed by atoms with Gasteiger partial charge in [0.1, 0.15) is 11.4 Å². The maximum atomic E-state index is 7.34. The molecule has 1 aliphatic heterocycles. The lowest BCUT2D eigenvalue weighted by Gasteiger charge is -2.31. The average Bonchev–Trinajstić information content (AvgIpc) is 2.88. The molecule has 0 atom stereocenters. The van der Waals surface area contributed by atoms with Gasteiger partial charge in [0.05, 0.1) is 6.57 Å². The summed E-state index contributed by atoms with van der Waals surface area (Å²) in [6.45, 7) is 18.2. The third-order valence-corrected chi connectivity index (χ3v) is 5.69. The van der Waals surface area contributed by atoms with Gasteiger partial charge in [0, 0.05) is 17.9 Å². The molecule has 0 unspecified atom stereocenters. The quantitative estimate of drug-likeness (QED) is 0.506. The highest BCUT2D eigenvalue weighted by Gasteiger charge is 2.48. The molecule has 1 heterocycles. The van der Waals surface area contributed by atoms with Gasteiger partial charge in [0.15, 0.2) is 15.9 Å². The van der Waals surface area contributed by atoms with Crippen molar-refractivity contribution < 1.29 is 0 Å². The van der Waals surface area contributed by atoms with E-state index in [1.165, 1.54) is 5.56 Å². The second kappa shape index (κ2) is 8.50. The van der Waals surface area contributed by atoms with Gasteiger partial charge in [-0.2, -0.15) is 0 Å². The van der Waals surface area contributed by atoms with Crippen LogP contribution in [0.3, 0.4) is 0 Å². The lowest BCUT2D eigenvalue weighted by molar-refractivity contribution is 0.703. The van der Waals surface area contributed by atoms with Gasteiger partial charge < -0.3 is 10.2 Å². The number of nitrogens with zero attached hydrogens (tertiary/aromatic N) is 4. The minimum atomic E-state index is -0.530. The Kier molecular flexibility index (Phi) is 6.20. The molecule has 30 heavy (non-hydrogen) atoms. The van der Waals surface area contributed by atoms with Gasteiger partial charge in [-0.25, -0.2) is 9.84 Å². The van der Waals surface area contributed by atoms with E-state index in [9.17, 15) is 0 Å². The largest absolute Gasteiger partial charge is 0.361 e. The molecule has 7 heteroatoms. The van der Waals surface area contributed by atoms with Crippen LogP contribution >= 0.6 is 24.4 Å². The molecule has 0 saturated carbocycles. The van der Waals surface area contributed by atoms with E-state index in [1.807, 2.05) is 36.9 Å². The third-order valence-electron chi connectivity index (χ3n) is 5.09. The van der Waals surface area contributed by atoms with Crippen LogP contribution in [-0.4, -0.2) is 28.1 Å². The number of benzene rings is 2. The molecule has 1 saturated heterocycles. The first-order chi connectivity index (χ1) is 14.2. The zero-order chi connectivity index (χ0) is 22.1. The second-order valence-corrected chi connectivity index (χ2v) is 8.45. The zero-order valence-corrected chi connectivity index (χ0v) is 19.5. The van der Waals surface area contributed by atoms with E-state index >= 15 is 0 Å². The minimum Gasteiger partial charge on any atom is -0.361 e. The summed E-state index contributed by atoms with van der Waals surface area (Å²) in [4.78, 5) is 12.4. The number of nitrogens with one attached hydrogen (secondary N) is 1. The first-order valence-electron chi connectivity index (χ1n) is 9.76. The summed E-state index contributed by atoms with van der Waals surface area (Å²) in [5, 5.41) is 4.15. The Morgan fingerprint density at radius 2 is 1.77 bits per heavy atom. The Hall–Kier alpha value is -2.82. The maximum Gasteiger partial charge on any atom is 0.194 e. The number of anilines is 2. The Morgan fingerprint density at radius 3 is 2.33 bits per heavy atom. The topological polar surface area (TPSA) is 35.2 Å². The fraction of sp³-hybridized carbons (Fsp3) is 0.304. The second-order valence-electron chi connectivity index (χ2n) is 7.70. The number of aryl methyl sites for hydroxylation is 2. The van der Waals surface area contributed by atoms with Crippen molar-refractivity contribution in [2.45, 2.75) is 40.2 Å². The molecule has 0 aromatic heterocycles. The Labute approximate surface area is 189 Å². The van der Waals surface area contributed by atoms with Gasteiger partial charge in [-0.3, -0.25) is 4.90 Å². The fourth-order valence-electron chi connectivity index (χ4n) is 3.54. The van der Waals surface area contributed by atoms with Crippen LogP contribution in [0.25, 0.3) is 4.85 Å². The van der Waals surface area contributed by atoms with Crippen LogP contribution < -0.4 is 15.1 Å². The Morgan fingerprint density at radius 1 is 1.13 bits per heavy atom. The van der Waals surface area contributed by atoms with Crippen molar-refractivity contribution in [1.82, 2.24) is 5.32 Å². The van der Waals surface area contributed by atoms with Gasteiger partial charge in [-0.05, 0) is 88.9 Å². The van der Waals surface area contributed by atoms with Crippen molar-refractivity contribution >= 4 is 57.6 Å². The lowest BCUT2D eigenvalue weighted by atomic mass is 10.0. The van der Waals surface area contributed by atoms with Crippen LogP contribution in [0, 0.1) is 20.4 Å². The predicted octanol–water partition coefficient (Wildman–Crippen LogP) is 5.54. The van der Waals surface area contributed by atoms with Crippen molar-refractivity contribution in [3.8, 4) is 0 Å². The Bertz CT molecular complexity index is 1060. The minimum absolute atomic E-state index is 0.425. The van der Waals surface area contributed by atoms with E-state index in [4.69, 9.17) is 36.0 Å². The fourth-order valence-corrected chi connectivity index (χ4v) is 4.30. The third kappa shape index (κ3) is 3.93. The van der Waals surface area contributed by atoms with Gasteiger partial charge in [-0.15, -0.1) is 0 Å². The molecule has 0 aliphatic carbocycles. The number of hydrogen-bond donors (Lipinski definition) is 1. The number of rotatable bonds is 3. The monoisotopic (exact) mass is 435 g/mol. The van der Waals surface area contributed by atoms with E-state index in [0.717, 1.165) is 22.8 Å². The zero-order valence-electron chi connectivity index (χ0n) is 17.9. The molecule has 0 amide bonds. The number of thiocarbonyl (C=S) groups is 2. The molecule has 1 N–H and O–H groups in total. The van der Waals surface area contributed by atoms with Crippen molar-refractivity contribution in [3.63, 3.8) is 0 Å². The lowest BCUT2D eigenvalue weighted by Crippen LogP contribution is -2.45. The highest BCUT2D eigenvalue weighted by molar-refractivity contribution is 7.81. The smallest absolute Gasteiger partial charge is 0.194 e. The highest BCUT2D eigenvalue weighted by Crippen LogP contribution is 2.38. The molecular weight excluding hydrogens is 410 g/mol. The first kappa shape index (κ1) is 21.9. The predicted molar refractivity (Wildman–Crippen MR) is 134 cm³/mol. The van der Waals surface area contributed by atoms with Crippen molar-refractivity contribution in [2.75, 3.05) is 16.3 Å². The van der Waals surface area contributed by atoms with Crippen molar-refractivity contribution in [1.29, 1.82) is 0 Å². The molecule has 1 fully saturated rings. The SMILES string of the molecule is [C-]#[N+]c1ccc(N2C(=S)N(c3ccc(C)cc3)C(C)(C)C2=NC(=S)NCC)cc1C. The van der Waals surface area contributed by atoms with Crippen LogP contribution in [0.5, 0.6) is 0 Å². The van der Waals surface area contributed by atoms with Gasteiger partial charge >= 0.3 is 0 Å². The van der Waals surface area contributed by atoms with E-state index in [0.29, 0.717) is 22.5 Å². The van der Waals surface area contributed by atoms with E-state index in [-0.39, 0.29) is 0 Å². The van der Waals surface area contributed by atoms with Crippen LogP contribution in [0.4, 0.5) is 17.1 Å². The van der Waals surface area contributed by atoms with Crippen LogP contribution in [0.15, 0.2) is 47.5 Å². The molecule has 1 aliphatic rings. The first-order valence-corrected chi connectivity index (χ1v) is 10.6. The van der Waals surface area contributed by atoms with Crippen molar-refractivity contribution in [2.24, 2.45) is 4.99 Å². The van der Waals surface area contributed by atoms with Crippen molar-refractivity contribution in [3.05, 3.63) is 65.0 Å². The molecule has 2 aromatic carbocycles. The van der Waals surface area contributed by atoms with Crippen LogP contribution in [-0.2, 0) is 0 Å². The summed E-state index contributed by atoms with van der Waals surface area (Å²) in [7, 11) is 0. The van der Waals surface area contributed by atoms with E-state index in [2.05, 4.69) is 60.1 Å². The van der Waals surface area contributed by atoms with Gasteiger partial charge in [0.2, 0.25) is 0 Å². The molecule has 2 aromatic rings. The van der Waals surface area contributed by atoms with Gasteiger partial charge in [0.25, 0.3) is 0 Å². The highest BCUT2D eigenvalue weighted by atomic mass is 32.1. The summed E-state index contributed by atoms with van der Waals surface area (Å²) >= 11 is 11.4. The van der Waals surface area contributed by atoms with Gasteiger partial charge in [-0.1, -0.05) is 23.8 Å². The number of amidine groups is 1. The van der Waals surface area contributed by atoms with E-state index in [1.54, 1.807) is 0 Å². The molecule has 5 nitrogen and oxygen atoms in total. The molecule has 3 rings (SSSR count). The number of hydrogen-bond acceptors (Lipinski definition) is 2. The summed E-state index contributed by atoms with van der Waals surface area (Å²) in [6.07, 6.45) is 0. The molecule has 0 bridgehead atoms. The Balaban J connectivity index is 2.18. The summed E-state index contributed by atoms with van der Waals surface area (Å²) in [5.74, 6) is 0.744. The molecule has 0 spiro atoms. The number of aliphatic imine (C=N–C) groups is 1. The average molecular weight is 436 g/mol. The van der Waals surface area contributed by atoms with Crippen LogP contribution in [0.1, 0.15) is 31.9 Å². The van der Waals surface area contributed by atoms with E-state index < -0.39 is 5.54 Å². The molecular formula is C23H25N5S2. The van der Waals surface area contributed by atoms with Crippen LogP contribution in [0.2, 0.25) is 0 Å². The summed E-state index contributed by atoms with van der Waals surface area (Å²) < 4.78 is 0. The summed E-state index contributed by atoms with van der Waals surface area (Å²) in [5.41, 5.74) is 4.04.